The van der Waals surface area contributed by atoms with E-state index >= 15 is 0 Å². The van der Waals surface area contributed by atoms with E-state index in [0.717, 1.165) is 11.3 Å². The molecule has 20 heavy (non-hydrogen) atoms. The first-order valence-corrected chi connectivity index (χ1v) is 8.94. The van der Waals surface area contributed by atoms with E-state index in [2.05, 4.69) is 9.82 Å². The summed E-state index contributed by atoms with van der Waals surface area (Å²) in [5, 5.41) is 6.35. The Morgan fingerprint density at radius 1 is 1.45 bits per heavy atom. The van der Waals surface area contributed by atoms with Gasteiger partial charge >= 0.3 is 0 Å². The smallest absolute Gasteiger partial charge is 0.244 e. The first-order valence-electron chi connectivity index (χ1n) is 6.58. The van der Waals surface area contributed by atoms with Crippen molar-refractivity contribution in [3.05, 3.63) is 23.7 Å². The van der Waals surface area contributed by atoms with Crippen molar-refractivity contribution in [1.29, 1.82) is 0 Å². The SMILES string of the molecule is CCCNS(=O)(=O)c1cn(C(C)C)nc1-c1cccs1. The van der Waals surface area contributed by atoms with Gasteiger partial charge in [0.15, 0.2) is 0 Å². The van der Waals surface area contributed by atoms with Gasteiger partial charge in [0.25, 0.3) is 0 Å². The number of sulfonamides is 1. The zero-order valence-electron chi connectivity index (χ0n) is 11.8. The van der Waals surface area contributed by atoms with Gasteiger partial charge in [-0.05, 0) is 31.7 Å². The molecule has 0 aliphatic carbocycles. The van der Waals surface area contributed by atoms with Gasteiger partial charge in [-0.15, -0.1) is 11.3 Å². The number of hydrogen-bond donors (Lipinski definition) is 1. The van der Waals surface area contributed by atoms with E-state index < -0.39 is 10.0 Å². The number of nitrogens with one attached hydrogen (secondary N) is 1. The second-order valence-corrected chi connectivity index (χ2v) is 7.47. The van der Waals surface area contributed by atoms with Crippen LogP contribution in [0.1, 0.15) is 33.2 Å². The maximum atomic E-state index is 12.4. The molecule has 2 rings (SSSR count). The van der Waals surface area contributed by atoms with Crippen LogP contribution in [0.2, 0.25) is 0 Å². The van der Waals surface area contributed by atoms with E-state index in [4.69, 9.17) is 0 Å². The van der Waals surface area contributed by atoms with Crippen LogP contribution in [0.15, 0.2) is 28.6 Å². The summed E-state index contributed by atoms with van der Waals surface area (Å²) < 4.78 is 29.1. The fraction of sp³-hybridized carbons (Fsp3) is 0.462. The van der Waals surface area contributed by atoms with E-state index in [1.807, 2.05) is 38.3 Å². The van der Waals surface area contributed by atoms with Crippen LogP contribution >= 0.6 is 11.3 Å². The molecule has 0 bridgehead atoms. The third-order valence-electron chi connectivity index (χ3n) is 2.81. The molecule has 0 aliphatic heterocycles. The number of thiophene rings is 1. The number of hydrogen-bond acceptors (Lipinski definition) is 4. The van der Waals surface area contributed by atoms with Crippen LogP contribution in [-0.4, -0.2) is 24.7 Å². The Labute approximate surface area is 123 Å². The van der Waals surface area contributed by atoms with Gasteiger partial charge in [-0.1, -0.05) is 13.0 Å². The Balaban J connectivity index is 2.51. The highest BCUT2D eigenvalue weighted by Gasteiger charge is 2.24. The highest BCUT2D eigenvalue weighted by molar-refractivity contribution is 7.89. The summed E-state index contributed by atoms with van der Waals surface area (Å²) in [7, 11) is -3.52. The molecule has 0 radical (unpaired) electrons. The van der Waals surface area contributed by atoms with Gasteiger partial charge in [0, 0.05) is 18.8 Å². The summed E-state index contributed by atoms with van der Waals surface area (Å²) in [6, 6.07) is 3.89. The van der Waals surface area contributed by atoms with Gasteiger partial charge in [-0.3, -0.25) is 4.68 Å². The Hall–Kier alpha value is -1.18. The monoisotopic (exact) mass is 313 g/mol. The molecular formula is C13H19N3O2S2. The molecule has 0 aromatic carbocycles. The van der Waals surface area contributed by atoms with E-state index in [9.17, 15) is 8.42 Å². The second-order valence-electron chi connectivity index (χ2n) is 4.79. The van der Waals surface area contributed by atoms with E-state index in [-0.39, 0.29) is 10.9 Å². The van der Waals surface area contributed by atoms with Crippen LogP contribution in [-0.2, 0) is 10.0 Å². The maximum Gasteiger partial charge on any atom is 0.244 e. The quantitative estimate of drug-likeness (QED) is 0.892. The van der Waals surface area contributed by atoms with Gasteiger partial charge in [0.2, 0.25) is 10.0 Å². The van der Waals surface area contributed by atoms with E-state index in [1.54, 1.807) is 10.9 Å². The molecule has 0 amide bonds. The van der Waals surface area contributed by atoms with Crippen LogP contribution in [0.4, 0.5) is 0 Å². The van der Waals surface area contributed by atoms with E-state index in [1.165, 1.54) is 11.3 Å². The predicted molar refractivity (Wildman–Crippen MR) is 81.4 cm³/mol. The highest BCUT2D eigenvalue weighted by Crippen LogP contribution is 2.30. The molecule has 1 N–H and O–H groups in total. The Morgan fingerprint density at radius 2 is 2.20 bits per heavy atom. The molecule has 7 heteroatoms. The van der Waals surface area contributed by atoms with Crippen LogP contribution < -0.4 is 4.72 Å². The highest BCUT2D eigenvalue weighted by atomic mass is 32.2. The third-order valence-corrected chi connectivity index (χ3v) is 5.15. The Morgan fingerprint density at radius 3 is 2.75 bits per heavy atom. The van der Waals surface area contributed by atoms with Gasteiger partial charge in [0.05, 0.1) is 4.88 Å². The lowest BCUT2D eigenvalue weighted by molar-refractivity contribution is 0.532. The maximum absolute atomic E-state index is 12.4. The van der Waals surface area contributed by atoms with Crippen LogP contribution in [0, 0.1) is 0 Å². The summed E-state index contributed by atoms with van der Waals surface area (Å²) in [5.41, 5.74) is 0.525. The molecule has 0 fully saturated rings. The van der Waals surface area contributed by atoms with Gasteiger partial charge in [-0.25, -0.2) is 13.1 Å². The van der Waals surface area contributed by atoms with Crippen molar-refractivity contribution in [1.82, 2.24) is 14.5 Å². The molecule has 5 nitrogen and oxygen atoms in total. The lowest BCUT2D eigenvalue weighted by Crippen LogP contribution is -2.24. The van der Waals surface area contributed by atoms with Crippen molar-refractivity contribution in [2.24, 2.45) is 0 Å². The first kappa shape index (κ1) is 15.2. The summed E-state index contributed by atoms with van der Waals surface area (Å²) in [5.74, 6) is 0. The molecule has 0 spiro atoms. The minimum Gasteiger partial charge on any atom is -0.268 e. The molecule has 110 valence electrons. The molecule has 0 aliphatic rings. The van der Waals surface area contributed by atoms with Gasteiger partial charge < -0.3 is 0 Å². The largest absolute Gasteiger partial charge is 0.268 e. The molecule has 2 heterocycles. The minimum atomic E-state index is -3.52. The third kappa shape index (κ3) is 3.11. The van der Waals surface area contributed by atoms with Crippen molar-refractivity contribution in [2.75, 3.05) is 6.54 Å². The van der Waals surface area contributed by atoms with Crippen molar-refractivity contribution in [3.8, 4) is 10.6 Å². The number of rotatable bonds is 6. The average Bonchev–Trinajstić information content (AvgIpc) is 3.04. The topological polar surface area (TPSA) is 64.0 Å². The Kier molecular flexibility index (Phi) is 4.62. The summed E-state index contributed by atoms with van der Waals surface area (Å²) in [6.45, 7) is 6.31. The molecule has 2 aromatic rings. The van der Waals surface area contributed by atoms with Crippen molar-refractivity contribution < 1.29 is 8.42 Å². The van der Waals surface area contributed by atoms with Crippen LogP contribution in [0.5, 0.6) is 0 Å². The second kappa shape index (κ2) is 6.07. The summed E-state index contributed by atoms with van der Waals surface area (Å²) in [4.78, 5) is 1.11. The fourth-order valence-corrected chi connectivity index (χ4v) is 3.80. The predicted octanol–water partition coefficient (Wildman–Crippen LogP) is 2.88. The van der Waals surface area contributed by atoms with Crippen molar-refractivity contribution in [2.45, 2.75) is 38.1 Å². The summed E-state index contributed by atoms with van der Waals surface area (Å²) in [6.07, 6.45) is 2.36. The average molecular weight is 313 g/mol. The van der Waals surface area contributed by atoms with Gasteiger partial charge in [0.1, 0.15) is 10.6 Å². The zero-order chi connectivity index (χ0) is 14.8. The van der Waals surface area contributed by atoms with Crippen LogP contribution in [0.25, 0.3) is 10.6 Å². The van der Waals surface area contributed by atoms with Gasteiger partial charge in [-0.2, -0.15) is 5.10 Å². The lowest BCUT2D eigenvalue weighted by Gasteiger charge is -2.04. The molecule has 2 aromatic heterocycles. The minimum absolute atomic E-state index is 0.115. The summed E-state index contributed by atoms with van der Waals surface area (Å²) >= 11 is 1.49. The van der Waals surface area contributed by atoms with Crippen molar-refractivity contribution >= 4 is 21.4 Å². The molecule has 0 unspecified atom stereocenters. The molecule has 0 saturated heterocycles. The number of aromatic nitrogens is 2. The number of nitrogens with zero attached hydrogens (tertiary/aromatic N) is 2. The molecular weight excluding hydrogens is 294 g/mol. The normalized spacial score (nSPS) is 12.2. The Bertz CT molecular complexity index is 658. The zero-order valence-corrected chi connectivity index (χ0v) is 13.5. The first-order chi connectivity index (χ1) is 9.45. The van der Waals surface area contributed by atoms with Crippen LogP contribution in [0.3, 0.4) is 0 Å². The standard InChI is InChI=1S/C13H19N3O2S2/c1-4-7-14-20(17,18)12-9-16(10(2)3)15-13(12)11-6-5-8-19-11/h5-6,8-10,14H,4,7H2,1-3H3. The molecule has 0 atom stereocenters. The lowest BCUT2D eigenvalue weighted by atomic mass is 10.3. The molecule has 0 saturated carbocycles. The fourth-order valence-electron chi connectivity index (χ4n) is 1.73. The van der Waals surface area contributed by atoms with E-state index in [0.29, 0.717) is 12.2 Å². The van der Waals surface area contributed by atoms with Crippen molar-refractivity contribution in [3.63, 3.8) is 0 Å².